The van der Waals surface area contributed by atoms with Crippen molar-refractivity contribution in [3.05, 3.63) is 58.3 Å². The highest BCUT2D eigenvalue weighted by molar-refractivity contribution is 6.35. The van der Waals surface area contributed by atoms with E-state index in [9.17, 15) is 9.59 Å². The predicted octanol–water partition coefficient (Wildman–Crippen LogP) is 5.95. The Labute approximate surface area is 272 Å². The van der Waals surface area contributed by atoms with Gasteiger partial charge in [0.15, 0.2) is 5.75 Å². The number of anilines is 1. The first-order chi connectivity index (χ1) is 20.8. The van der Waals surface area contributed by atoms with Gasteiger partial charge in [-0.15, -0.1) is 12.4 Å². The largest absolute Gasteiger partial charge is 0.481 e. The lowest BCUT2D eigenvalue weighted by molar-refractivity contribution is -0.138. The highest BCUT2D eigenvalue weighted by Gasteiger charge is 2.34. The molecule has 5 heterocycles. The van der Waals surface area contributed by atoms with Gasteiger partial charge in [-0.05, 0) is 74.5 Å². The van der Waals surface area contributed by atoms with Crippen molar-refractivity contribution in [3.8, 4) is 22.9 Å². The first-order valence-corrected chi connectivity index (χ1v) is 15.5. The topological polar surface area (TPSA) is 112 Å². The molecule has 0 bridgehead atoms. The molecule has 6 rings (SSSR count). The standard InChI is InChI=1S/C31H34Cl2N6O4.ClH/c32-23-13-22(14-24(33)15-23)27-10-21(18-37-6-4-20(5-7-37)12-30(41)42)11-28(36-27)43-26-16-34-31(35-17-26)38-8-9-39-25(19-38)2-1-3-29(39)40;/h10-11,13-17,20,25H,1-9,12,18-19H2,(H,41,42);1H. The van der Waals surface area contributed by atoms with Gasteiger partial charge in [-0.2, -0.15) is 0 Å². The summed E-state index contributed by atoms with van der Waals surface area (Å²) in [5, 5.41) is 10.2. The molecule has 3 aliphatic rings. The van der Waals surface area contributed by atoms with Crippen molar-refractivity contribution in [2.45, 2.75) is 51.1 Å². The van der Waals surface area contributed by atoms with Gasteiger partial charge in [0, 0.05) is 66.7 Å². The summed E-state index contributed by atoms with van der Waals surface area (Å²) in [6.45, 7) is 4.45. The number of rotatable bonds is 8. The van der Waals surface area contributed by atoms with E-state index in [1.54, 1.807) is 18.5 Å². The Hall–Kier alpha value is -3.18. The number of aliphatic carboxylic acids is 1. The SMILES string of the molecule is Cl.O=C(O)CC1CCN(Cc2cc(Oc3cnc(N4CCN5C(=O)CCCC5C4)nc3)nc(-c3cc(Cl)cc(Cl)c3)c2)CC1. The maximum absolute atomic E-state index is 12.2. The van der Waals surface area contributed by atoms with Gasteiger partial charge in [0.1, 0.15) is 0 Å². The molecule has 0 spiro atoms. The summed E-state index contributed by atoms with van der Waals surface area (Å²) >= 11 is 12.6. The molecule has 3 aliphatic heterocycles. The number of carboxylic acid groups (broad SMARTS) is 1. The Morgan fingerprint density at radius 2 is 1.70 bits per heavy atom. The number of aromatic nitrogens is 3. The van der Waals surface area contributed by atoms with Crippen molar-refractivity contribution in [2.24, 2.45) is 5.92 Å². The summed E-state index contributed by atoms with van der Waals surface area (Å²) in [6, 6.07) is 9.44. The molecule has 1 amide bonds. The molecule has 0 saturated carbocycles. The minimum atomic E-state index is -0.737. The summed E-state index contributed by atoms with van der Waals surface area (Å²) < 4.78 is 6.18. The number of likely N-dealkylation sites (tertiary alicyclic amines) is 1. The average Bonchev–Trinajstić information content (AvgIpc) is 2.98. The van der Waals surface area contributed by atoms with Crippen molar-refractivity contribution in [1.29, 1.82) is 0 Å². The molecule has 13 heteroatoms. The van der Waals surface area contributed by atoms with E-state index < -0.39 is 5.97 Å². The molecule has 3 saturated heterocycles. The molecular weight excluding hydrogens is 627 g/mol. The van der Waals surface area contributed by atoms with Crippen LogP contribution in [0.25, 0.3) is 11.3 Å². The number of piperazine rings is 1. The minimum Gasteiger partial charge on any atom is -0.481 e. The van der Waals surface area contributed by atoms with Crippen LogP contribution in [0.1, 0.15) is 44.1 Å². The van der Waals surface area contributed by atoms with Crippen LogP contribution in [0.15, 0.2) is 42.7 Å². The number of carbonyl (C=O) groups excluding carboxylic acids is 1. The van der Waals surface area contributed by atoms with Crippen molar-refractivity contribution >= 4 is 53.4 Å². The van der Waals surface area contributed by atoms with Crippen molar-refractivity contribution in [2.75, 3.05) is 37.6 Å². The van der Waals surface area contributed by atoms with E-state index >= 15 is 0 Å². The number of carbonyl (C=O) groups is 2. The van der Waals surface area contributed by atoms with Gasteiger partial charge in [0.2, 0.25) is 17.7 Å². The second-order valence-electron chi connectivity index (χ2n) is 11.6. The zero-order valence-corrected chi connectivity index (χ0v) is 26.5. The summed E-state index contributed by atoms with van der Waals surface area (Å²) in [5.41, 5.74) is 2.46. The van der Waals surface area contributed by atoms with Crippen LogP contribution in [0.2, 0.25) is 10.0 Å². The van der Waals surface area contributed by atoms with E-state index in [1.807, 2.05) is 29.2 Å². The normalized spacial score (nSPS) is 19.3. The summed E-state index contributed by atoms with van der Waals surface area (Å²) in [5.74, 6) is 1.20. The average molecular weight is 662 g/mol. The molecule has 3 aromatic rings. The smallest absolute Gasteiger partial charge is 0.303 e. The predicted molar refractivity (Wildman–Crippen MR) is 171 cm³/mol. The zero-order chi connectivity index (χ0) is 29.9. The van der Waals surface area contributed by atoms with Crippen LogP contribution in [0, 0.1) is 5.92 Å². The zero-order valence-electron chi connectivity index (χ0n) is 24.2. The molecule has 1 N–H and O–H groups in total. The van der Waals surface area contributed by atoms with E-state index in [-0.39, 0.29) is 36.7 Å². The highest BCUT2D eigenvalue weighted by atomic mass is 35.5. The van der Waals surface area contributed by atoms with Gasteiger partial charge >= 0.3 is 5.97 Å². The first kappa shape index (κ1) is 32.2. The third-order valence-electron chi connectivity index (χ3n) is 8.45. The Morgan fingerprint density at radius 1 is 0.977 bits per heavy atom. The third-order valence-corrected chi connectivity index (χ3v) is 8.88. The summed E-state index contributed by atoms with van der Waals surface area (Å²) in [4.78, 5) is 43.7. The number of amides is 1. The molecular formula is C31H35Cl3N6O4. The molecule has 3 fully saturated rings. The van der Waals surface area contributed by atoms with E-state index in [2.05, 4.69) is 19.8 Å². The Morgan fingerprint density at radius 3 is 2.41 bits per heavy atom. The van der Waals surface area contributed by atoms with Gasteiger partial charge in [0.05, 0.1) is 18.1 Å². The van der Waals surface area contributed by atoms with E-state index in [0.29, 0.717) is 59.4 Å². The number of hydrogen-bond donors (Lipinski definition) is 1. The maximum Gasteiger partial charge on any atom is 0.303 e. The first-order valence-electron chi connectivity index (χ1n) is 14.7. The number of pyridine rings is 1. The number of benzene rings is 1. The van der Waals surface area contributed by atoms with Gasteiger partial charge in [-0.1, -0.05) is 23.2 Å². The Balaban J connectivity index is 0.00000384. The number of halogens is 3. The molecule has 1 atom stereocenters. The number of nitrogens with zero attached hydrogens (tertiary/aromatic N) is 6. The monoisotopic (exact) mass is 660 g/mol. The minimum absolute atomic E-state index is 0. The van der Waals surface area contributed by atoms with Crippen LogP contribution in [-0.2, 0) is 16.1 Å². The number of fused-ring (bicyclic) bond motifs is 1. The number of piperidine rings is 2. The molecule has 0 aliphatic carbocycles. The lowest BCUT2D eigenvalue weighted by atomic mass is 9.93. The number of ether oxygens (including phenoxy) is 1. The number of carboxylic acids is 1. The molecule has 10 nitrogen and oxygen atoms in total. The van der Waals surface area contributed by atoms with Crippen LogP contribution in [-0.4, -0.2) is 80.5 Å². The van der Waals surface area contributed by atoms with E-state index in [1.165, 1.54) is 0 Å². The second-order valence-corrected chi connectivity index (χ2v) is 12.4. The van der Waals surface area contributed by atoms with Crippen molar-refractivity contribution < 1.29 is 19.4 Å². The highest BCUT2D eigenvalue weighted by Crippen LogP contribution is 2.31. The molecule has 1 aromatic carbocycles. The maximum atomic E-state index is 12.2. The molecule has 1 unspecified atom stereocenters. The van der Waals surface area contributed by atoms with Crippen LogP contribution in [0.5, 0.6) is 11.6 Å². The fourth-order valence-corrected chi connectivity index (χ4v) is 6.82. The fourth-order valence-electron chi connectivity index (χ4n) is 6.30. The van der Waals surface area contributed by atoms with Crippen molar-refractivity contribution in [3.63, 3.8) is 0 Å². The Bertz CT molecular complexity index is 1470. The Kier molecular flexibility index (Phi) is 10.5. The molecule has 44 heavy (non-hydrogen) atoms. The van der Waals surface area contributed by atoms with Crippen LogP contribution < -0.4 is 9.64 Å². The van der Waals surface area contributed by atoms with Gasteiger partial charge < -0.3 is 19.6 Å². The molecule has 0 radical (unpaired) electrons. The third kappa shape index (κ3) is 7.90. The fraction of sp³-hybridized carbons (Fsp3) is 0.452. The van der Waals surface area contributed by atoms with E-state index in [0.717, 1.165) is 56.4 Å². The van der Waals surface area contributed by atoms with Crippen LogP contribution >= 0.6 is 35.6 Å². The lowest BCUT2D eigenvalue weighted by Gasteiger charge is -2.43. The summed E-state index contributed by atoms with van der Waals surface area (Å²) in [6.07, 6.45) is 7.81. The summed E-state index contributed by atoms with van der Waals surface area (Å²) in [7, 11) is 0. The second kappa shape index (κ2) is 14.3. The van der Waals surface area contributed by atoms with Gasteiger partial charge in [-0.25, -0.2) is 15.0 Å². The van der Waals surface area contributed by atoms with Gasteiger partial charge in [-0.3, -0.25) is 14.5 Å². The lowest BCUT2D eigenvalue weighted by Crippen LogP contribution is -2.57. The van der Waals surface area contributed by atoms with Crippen LogP contribution in [0.3, 0.4) is 0 Å². The van der Waals surface area contributed by atoms with Gasteiger partial charge in [0.25, 0.3) is 0 Å². The molecule has 234 valence electrons. The van der Waals surface area contributed by atoms with E-state index in [4.69, 9.17) is 38.0 Å². The molecule has 2 aromatic heterocycles. The number of hydrogen-bond acceptors (Lipinski definition) is 8. The quantitative estimate of drug-likeness (QED) is 0.313. The van der Waals surface area contributed by atoms with Crippen LogP contribution in [0.4, 0.5) is 5.95 Å². The van der Waals surface area contributed by atoms with Crippen molar-refractivity contribution in [1.82, 2.24) is 24.8 Å².